The van der Waals surface area contributed by atoms with Gasteiger partial charge in [-0.2, -0.15) is 0 Å². The van der Waals surface area contributed by atoms with Gasteiger partial charge >= 0.3 is 0 Å². The molecule has 0 bridgehead atoms. The third kappa shape index (κ3) is 5.91. The number of alkyl halides is 2. The Labute approximate surface area is 140 Å². The molecule has 120 valence electrons. The topological polar surface area (TPSA) is 0 Å². The summed E-state index contributed by atoms with van der Waals surface area (Å²) in [6.45, 7) is 9.29. The standard InChI is InChI=1S/C16H32Cl2P2/c1-5-7-9-19-13-11-15(3,4)12-16(18,14(13)17)20-10-8-6-2/h13-14,19-20H,5-12H2,1-4H3. The molecule has 4 heteroatoms. The second-order valence-corrected chi connectivity index (χ2v) is 11.9. The molecule has 0 N–H and O–H groups in total. The molecule has 0 aromatic carbocycles. The first kappa shape index (κ1) is 19.5. The third-order valence-corrected chi connectivity index (χ3v) is 9.52. The predicted molar refractivity (Wildman–Crippen MR) is 101 cm³/mol. The lowest BCUT2D eigenvalue weighted by atomic mass is 9.76. The fourth-order valence-corrected chi connectivity index (χ4v) is 8.95. The maximum absolute atomic E-state index is 7.04. The third-order valence-electron chi connectivity index (χ3n) is 4.18. The summed E-state index contributed by atoms with van der Waals surface area (Å²) in [6, 6.07) is 0. The molecule has 0 radical (unpaired) electrons. The van der Waals surface area contributed by atoms with Crippen LogP contribution in [0.2, 0.25) is 0 Å². The fourth-order valence-electron chi connectivity index (χ4n) is 3.16. The van der Waals surface area contributed by atoms with E-state index < -0.39 is 0 Å². The molecule has 5 unspecified atom stereocenters. The van der Waals surface area contributed by atoms with Crippen LogP contribution in [0.15, 0.2) is 0 Å². The number of rotatable bonds is 8. The summed E-state index contributed by atoms with van der Waals surface area (Å²) < 4.78 is -0.137. The molecule has 0 aliphatic heterocycles. The van der Waals surface area contributed by atoms with Gasteiger partial charge in [0.05, 0.1) is 9.99 Å². The van der Waals surface area contributed by atoms with Crippen molar-refractivity contribution in [3.63, 3.8) is 0 Å². The van der Waals surface area contributed by atoms with E-state index in [1.54, 1.807) is 0 Å². The zero-order chi connectivity index (χ0) is 15.2. The van der Waals surface area contributed by atoms with Crippen molar-refractivity contribution in [1.82, 2.24) is 0 Å². The largest absolute Gasteiger partial charge is 0.120 e. The van der Waals surface area contributed by atoms with Crippen molar-refractivity contribution in [2.75, 3.05) is 12.3 Å². The van der Waals surface area contributed by atoms with Gasteiger partial charge in [-0.1, -0.05) is 49.1 Å². The monoisotopic (exact) mass is 356 g/mol. The normalized spacial score (nSPS) is 34.5. The van der Waals surface area contributed by atoms with Crippen LogP contribution in [0.4, 0.5) is 0 Å². The molecule has 1 aliphatic rings. The molecule has 0 amide bonds. The summed E-state index contributed by atoms with van der Waals surface area (Å²) in [5.41, 5.74) is 0.995. The molecule has 5 atom stereocenters. The number of hydrogen-bond donors (Lipinski definition) is 0. The van der Waals surface area contributed by atoms with E-state index in [1.165, 1.54) is 44.4 Å². The first-order valence-electron chi connectivity index (χ1n) is 8.16. The number of hydrogen-bond acceptors (Lipinski definition) is 0. The van der Waals surface area contributed by atoms with Gasteiger partial charge in [0, 0.05) is 0 Å². The minimum Gasteiger partial charge on any atom is -0.120 e. The van der Waals surface area contributed by atoms with Gasteiger partial charge in [-0.15, -0.1) is 31.8 Å². The number of halogens is 2. The Balaban J connectivity index is 2.67. The van der Waals surface area contributed by atoms with Crippen molar-refractivity contribution in [2.45, 2.75) is 81.9 Å². The lowest BCUT2D eigenvalue weighted by molar-refractivity contribution is 0.243. The van der Waals surface area contributed by atoms with E-state index in [9.17, 15) is 0 Å². The summed E-state index contributed by atoms with van der Waals surface area (Å²) in [4.78, 5) is 0. The Morgan fingerprint density at radius 2 is 1.70 bits per heavy atom. The van der Waals surface area contributed by atoms with Crippen molar-refractivity contribution in [3.8, 4) is 0 Å². The summed E-state index contributed by atoms with van der Waals surface area (Å²) in [6.07, 6.45) is 10.1. The van der Waals surface area contributed by atoms with E-state index in [4.69, 9.17) is 23.2 Å². The molecular formula is C16H32Cl2P2. The van der Waals surface area contributed by atoms with Gasteiger partial charge in [0.25, 0.3) is 0 Å². The van der Waals surface area contributed by atoms with Crippen molar-refractivity contribution in [1.29, 1.82) is 0 Å². The van der Waals surface area contributed by atoms with Crippen molar-refractivity contribution in [3.05, 3.63) is 0 Å². The van der Waals surface area contributed by atoms with E-state index >= 15 is 0 Å². The Bertz CT molecular complexity index is 284. The zero-order valence-electron chi connectivity index (χ0n) is 13.6. The predicted octanol–water partition coefficient (Wildman–Crippen LogP) is 6.67. The molecule has 0 heterocycles. The van der Waals surface area contributed by atoms with Crippen molar-refractivity contribution in [2.24, 2.45) is 5.41 Å². The highest BCUT2D eigenvalue weighted by Gasteiger charge is 2.49. The van der Waals surface area contributed by atoms with Gasteiger partial charge in [0.2, 0.25) is 0 Å². The van der Waals surface area contributed by atoms with E-state index in [0.29, 0.717) is 11.1 Å². The second kappa shape index (κ2) is 8.91. The van der Waals surface area contributed by atoms with Gasteiger partial charge in [0.1, 0.15) is 0 Å². The van der Waals surface area contributed by atoms with E-state index in [0.717, 1.165) is 23.6 Å². The van der Waals surface area contributed by atoms with Crippen molar-refractivity contribution < 1.29 is 0 Å². The van der Waals surface area contributed by atoms with Crippen LogP contribution in [0.3, 0.4) is 0 Å². The van der Waals surface area contributed by atoms with Crippen LogP contribution in [0.25, 0.3) is 0 Å². The molecular weight excluding hydrogens is 325 g/mol. The Morgan fingerprint density at radius 1 is 1.10 bits per heavy atom. The molecule has 1 rings (SSSR count). The molecule has 0 aromatic heterocycles. The fraction of sp³-hybridized carbons (Fsp3) is 1.00. The first-order valence-corrected chi connectivity index (χ1v) is 11.5. The highest BCUT2D eigenvalue weighted by atomic mass is 35.5. The quantitative estimate of drug-likeness (QED) is 0.258. The summed E-state index contributed by atoms with van der Waals surface area (Å²) in [7, 11) is 1.81. The molecule has 0 nitrogen and oxygen atoms in total. The van der Waals surface area contributed by atoms with E-state index in [2.05, 4.69) is 27.7 Å². The molecule has 0 saturated heterocycles. The number of unbranched alkanes of at least 4 members (excludes halogenated alkanes) is 2. The highest BCUT2D eigenvalue weighted by molar-refractivity contribution is 7.43. The molecule has 1 fully saturated rings. The lowest BCUT2D eigenvalue weighted by Gasteiger charge is -2.48. The average molecular weight is 357 g/mol. The maximum atomic E-state index is 7.04. The van der Waals surface area contributed by atoms with Crippen LogP contribution in [-0.4, -0.2) is 28.0 Å². The Kier molecular flexibility index (Phi) is 8.68. The molecule has 0 aromatic rings. The van der Waals surface area contributed by atoms with Gasteiger partial charge in [0.15, 0.2) is 0 Å². The van der Waals surface area contributed by atoms with Gasteiger partial charge < -0.3 is 0 Å². The van der Waals surface area contributed by atoms with E-state index in [1.807, 2.05) is 0 Å². The van der Waals surface area contributed by atoms with Gasteiger partial charge in [-0.25, -0.2) is 0 Å². The Morgan fingerprint density at radius 3 is 2.30 bits per heavy atom. The summed E-state index contributed by atoms with van der Waals surface area (Å²) in [5, 5.41) is 0.183. The summed E-state index contributed by atoms with van der Waals surface area (Å²) >= 11 is 13.9. The molecule has 1 aliphatic carbocycles. The van der Waals surface area contributed by atoms with E-state index in [-0.39, 0.29) is 9.99 Å². The molecule has 20 heavy (non-hydrogen) atoms. The highest BCUT2D eigenvalue weighted by Crippen LogP contribution is 2.58. The van der Waals surface area contributed by atoms with Crippen molar-refractivity contribution >= 4 is 40.4 Å². The minimum atomic E-state index is -0.137. The summed E-state index contributed by atoms with van der Waals surface area (Å²) in [5.74, 6) is 0. The first-order chi connectivity index (χ1) is 9.34. The van der Waals surface area contributed by atoms with Gasteiger partial charge in [-0.05, 0) is 49.1 Å². The average Bonchev–Trinajstić information content (AvgIpc) is 2.35. The maximum Gasteiger partial charge on any atom is 0.0785 e. The van der Waals surface area contributed by atoms with Crippen LogP contribution >= 0.6 is 40.4 Å². The molecule has 0 spiro atoms. The Hall–Kier alpha value is 1.44. The second-order valence-electron chi connectivity index (χ2n) is 7.00. The SMILES string of the molecule is CCCCPC1CC(C)(C)CC(Cl)(PCCCC)C1Cl. The van der Waals surface area contributed by atoms with Gasteiger partial charge in [-0.3, -0.25) is 0 Å². The van der Waals surface area contributed by atoms with Crippen LogP contribution in [-0.2, 0) is 0 Å². The lowest BCUT2D eigenvalue weighted by Crippen LogP contribution is -2.47. The van der Waals surface area contributed by atoms with Crippen LogP contribution in [0, 0.1) is 5.41 Å². The van der Waals surface area contributed by atoms with Crippen LogP contribution in [0.5, 0.6) is 0 Å². The molecule has 1 saturated carbocycles. The zero-order valence-corrected chi connectivity index (χ0v) is 17.1. The van der Waals surface area contributed by atoms with Crippen LogP contribution < -0.4 is 0 Å². The minimum absolute atomic E-state index is 0.137. The smallest absolute Gasteiger partial charge is 0.0785 e. The van der Waals surface area contributed by atoms with Crippen LogP contribution in [0.1, 0.15) is 66.2 Å².